The van der Waals surface area contributed by atoms with Crippen LogP contribution in [0.5, 0.6) is 0 Å². The average molecular weight is 322 g/mol. The maximum Gasteiger partial charge on any atom is 0.258 e. The number of halogens is 3. The van der Waals surface area contributed by atoms with Gasteiger partial charge in [0.05, 0.1) is 5.56 Å². The molecule has 0 fully saturated rings. The molecule has 3 nitrogen and oxygen atoms in total. The summed E-state index contributed by atoms with van der Waals surface area (Å²) in [6.45, 7) is 2.94. The standard InChI is InChI=1S/C17H17F3N2O/c1-2-3-10-21-11-4-6-12(7-5-11)22-17(23)13-8-9-14(18)16(20)15(13)19/h4-9,21H,2-3,10H2,1H3,(H,22,23). The molecule has 6 heteroatoms. The van der Waals surface area contributed by atoms with E-state index in [-0.39, 0.29) is 0 Å². The van der Waals surface area contributed by atoms with Crippen molar-refractivity contribution in [3.63, 3.8) is 0 Å². The van der Waals surface area contributed by atoms with Gasteiger partial charge in [0, 0.05) is 17.9 Å². The van der Waals surface area contributed by atoms with E-state index in [0.717, 1.165) is 31.1 Å². The van der Waals surface area contributed by atoms with E-state index in [1.807, 2.05) is 0 Å². The summed E-state index contributed by atoms with van der Waals surface area (Å²) in [5, 5.41) is 5.66. The van der Waals surface area contributed by atoms with Crippen molar-refractivity contribution in [1.29, 1.82) is 0 Å². The summed E-state index contributed by atoms with van der Waals surface area (Å²) in [4.78, 5) is 11.9. The van der Waals surface area contributed by atoms with E-state index in [2.05, 4.69) is 17.6 Å². The van der Waals surface area contributed by atoms with Crippen LogP contribution in [0.2, 0.25) is 0 Å². The van der Waals surface area contributed by atoms with Gasteiger partial charge in [-0.15, -0.1) is 0 Å². The number of carbonyl (C=O) groups is 1. The normalized spacial score (nSPS) is 10.4. The predicted molar refractivity (Wildman–Crippen MR) is 84.1 cm³/mol. The lowest BCUT2D eigenvalue weighted by Gasteiger charge is -2.09. The molecule has 0 aliphatic heterocycles. The maximum absolute atomic E-state index is 13.6. The van der Waals surface area contributed by atoms with E-state index in [1.54, 1.807) is 24.3 Å². The van der Waals surface area contributed by atoms with E-state index >= 15 is 0 Å². The van der Waals surface area contributed by atoms with Crippen LogP contribution in [0.25, 0.3) is 0 Å². The Morgan fingerprint density at radius 3 is 2.26 bits per heavy atom. The maximum atomic E-state index is 13.6. The lowest BCUT2D eigenvalue weighted by atomic mass is 10.1. The summed E-state index contributed by atoms with van der Waals surface area (Å²) in [5.41, 5.74) is 0.782. The van der Waals surface area contributed by atoms with Crippen LogP contribution in [-0.4, -0.2) is 12.5 Å². The zero-order valence-electron chi connectivity index (χ0n) is 12.6. The number of rotatable bonds is 6. The quantitative estimate of drug-likeness (QED) is 0.604. The summed E-state index contributed by atoms with van der Waals surface area (Å²) >= 11 is 0. The zero-order chi connectivity index (χ0) is 16.8. The molecule has 122 valence electrons. The van der Waals surface area contributed by atoms with Crippen LogP contribution >= 0.6 is 0 Å². The monoisotopic (exact) mass is 322 g/mol. The summed E-state index contributed by atoms with van der Waals surface area (Å²) in [5.74, 6) is -5.33. The Labute approximate surface area is 132 Å². The molecule has 2 N–H and O–H groups in total. The first kappa shape index (κ1) is 16.9. The van der Waals surface area contributed by atoms with Crippen molar-refractivity contribution in [1.82, 2.24) is 0 Å². The van der Waals surface area contributed by atoms with Crippen LogP contribution in [0, 0.1) is 17.5 Å². The summed E-state index contributed by atoms with van der Waals surface area (Å²) in [6.07, 6.45) is 2.13. The second kappa shape index (κ2) is 7.67. The van der Waals surface area contributed by atoms with Crippen molar-refractivity contribution >= 4 is 17.3 Å². The molecular weight excluding hydrogens is 305 g/mol. The van der Waals surface area contributed by atoms with Crippen molar-refractivity contribution in [2.24, 2.45) is 0 Å². The first-order chi connectivity index (χ1) is 11.0. The molecule has 0 spiro atoms. The number of hydrogen-bond donors (Lipinski definition) is 2. The van der Waals surface area contributed by atoms with E-state index in [1.165, 1.54) is 0 Å². The van der Waals surface area contributed by atoms with Gasteiger partial charge < -0.3 is 10.6 Å². The molecule has 2 rings (SSSR count). The van der Waals surface area contributed by atoms with Crippen LogP contribution in [0.4, 0.5) is 24.5 Å². The fraction of sp³-hybridized carbons (Fsp3) is 0.235. The Morgan fingerprint density at radius 2 is 1.61 bits per heavy atom. The Bertz CT molecular complexity index is 687. The first-order valence-corrected chi connectivity index (χ1v) is 7.31. The lowest BCUT2D eigenvalue weighted by Crippen LogP contribution is -2.15. The second-order valence-electron chi connectivity index (χ2n) is 5.03. The molecule has 0 atom stereocenters. The number of unbranched alkanes of at least 4 members (excludes halogenated alkanes) is 1. The zero-order valence-corrected chi connectivity index (χ0v) is 12.6. The number of anilines is 2. The molecule has 0 aliphatic rings. The summed E-state index contributed by atoms with van der Waals surface area (Å²) < 4.78 is 39.6. The minimum Gasteiger partial charge on any atom is -0.385 e. The lowest BCUT2D eigenvalue weighted by molar-refractivity contribution is 0.102. The second-order valence-corrected chi connectivity index (χ2v) is 5.03. The van der Waals surface area contributed by atoms with Crippen molar-refractivity contribution < 1.29 is 18.0 Å². The Hall–Kier alpha value is -2.50. The van der Waals surface area contributed by atoms with E-state index in [4.69, 9.17) is 0 Å². The molecule has 1 amide bonds. The van der Waals surface area contributed by atoms with Crippen molar-refractivity contribution in [2.75, 3.05) is 17.2 Å². The molecule has 0 aromatic heterocycles. The molecule has 0 heterocycles. The minimum absolute atomic E-state index is 0.431. The van der Waals surface area contributed by atoms with Crippen molar-refractivity contribution in [3.05, 3.63) is 59.4 Å². The van der Waals surface area contributed by atoms with Gasteiger partial charge in [0.15, 0.2) is 17.5 Å². The summed E-state index contributed by atoms with van der Waals surface area (Å²) in [6, 6.07) is 8.45. The topological polar surface area (TPSA) is 41.1 Å². The molecule has 0 saturated heterocycles. The molecular formula is C17H17F3N2O. The van der Waals surface area contributed by atoms with Gasteiger partial charge in [-0.2, -0.15) is 0 Å². The molecule has 0 bridgehead atoms. The Morgan fingerprint density at radius 1 is 0.957 bits per heavy atom. The predicted octanol–water partition coefficient (Wildman–Crippen LogP) is 4.57. The molecule has 2 aromatic carbocycles. The van der Waals surface area contributed by atoms with Crippen LogP contribution in [0.3, 0.4) is 0 Å². The third kappa shape index (κ3) is 4.25. The highest BCUT2D eigenvalue weighted by atomic mass is 19.2. The molecule has 23 heavy (non-hydrogen) atoms. The van der Waals surface area contributed by atoms with Crippen LogP contribution in [0.1, 0.15) is 30.1 Å². The average Bonchev–Trinajstić information content (AvgIpc) is 2.54. The van der Waals surface area contributed by atoms with Crippen LogP contribution in [0.15, 0.2) is 36.4 Å². The first-order valence-electron chi connectivity index (χ1n) is 7.31. The SMILES string of the molecule is CCCCNc1ccc(NC(=O)c2ccc(F)c(F)c2F)cc1. The number of nitrogens with one attached hydrogen (secondary N) is 2. The third-order valence-electron chi connectivity index (χ3n) is 3.28. The van der Waals surface area contributed by atoms with Crippen LogP contribution in [-0.2, 0) is 0 Å². The van der Waals surface area contributed by atoms with Crippen LogP contribution < -0.4 is 10.6 Å². The van der Waals surface area contributed by atoms with Gasteiger partial charge >= 0.3 is 0 Å². The highest BCUT2D eigenvalue weighted by Crippen LogP contribution is 2.18. The fourth-order valence-corrected chi connectivity index (χ4v) is 1.98. The van der Waals surface area contributed by atoms with E-state index < -0.39 is 28.9 Å². The number of amides is 1. The molecule has 0 radical (unpaired) electrons. The van der Waals surface area contributed by atoms with Gasteiger partial charge in [-0.1, -0.05) is 13.3 Å². The molecule has 2 aromatic rings. The van der Waals surface area contributed by atoms with E-state index in [0.29, 0.717) is 11.8 Å². The molecule has 0 unspecified atom stereocenters. The van der Waals surface area contributed by atoms with E-state index in [9.17, 15) is 18.0 Å². The van der Waals surface area contributed by atoms with Crippen molar-refractivity contribution in [3.8, 4) is 0 Å². The minimum atomic E-state index is -1.66. The smallest absolute Gasteiger partial charge is 0.258 e. The van der Waals surface area contributed by atoms with Gasteiger partial charge in [0.1, 0.15) is 0 Å². The summed E-state index contributed by atoms with van der Waals surface area (Å²) in [7, 11) is 0. The van der Waals surface area contributed by atoms with Gasteiger partial charge in [0.25, 0.3) is 5.91 Å². The van der Waals surface area contributed by atoms with Gasteiger partial charge in [-0.3, -0.25) is 4.79 Å². The van der Waals surface area contributed by atoms with Gasteiger partial charge in [0.2, 0.25) is 0 Å². The molecule has 0 aliphatic carbocycles. The highest BCUT2D eigenvalue weighted by Gasteiger charge is 2.18. The molecule has 0 saturated carbocycles. The fourth-order valence-electron chi connectivity index (χ4n) is 1.98. The number of benzene rings is 2. The Kier molecular flexibility index (Phi) is 5.62. The number of hydrogen-bond acceptors (Lipinski definition) is 2. The highest BCUT2D eigenvalue weighted by molar-refractivity contribution is 6.04. The third-order valence-corrected chi connectivity index (χ3v) is 3.28. The van der Waals surface area contributed by atoms with Gasteiger partial charge in [-0.05, 0) is 42.8 Å². The number of carbonyl (C=O) groups excluding carboxylic acids is 1. The Balaban J connectivity index is 2.04. The van der Waals surface area contributed by atoms with Gasteiger partial charge in [-0.25, -0.2) is 13.2 Å². The van der Waals surface area contributed by atoms with Crippen molar-refractivity contribution in [2.45, 2.75) is 19.8 Å². The largest absolute Gasteiger partial charge is 0.385 e.